The number of nitrogens with zero attached hydrogens (tertiary/aromatic N) is 2. The van der Waals surface area contributed by atoms with Crippen molar-refractivity contribution in [2.75, 3.05) is 19.4 Å². The predicted molar refractivity (Wildman–Crippen MR) is 153 cm³/mol. The molecule has 1 unspecified atom stereocenters. The van der Waals surface area contributed by atoms with Crippen LogP contribution in [0, 0.1) is 6.92 Å². The summed E-state index contributed by atoms with van der Waals surface area (Å²) in [5.41, 5.74) is 2.46. The van der Waals surface area contributed by atoms with E-state index >= 15 is 0 Å². The Kier molecular flexibility index (Phi) is 9.75. The lowest BCUT2D eigenvalue weighted by Crippen LogP contribution is -2.40. The van der Waals surface area contributed by atoms with Crippen molar-refractivity contribution >= 4 is 52.8 Å². The SMILES string of the molecule is CNc1ncc(/C=C/C(=O)N(C)Cc2oc3c(Cl)cccc3c2C)cc1CCC(C=O)NC(=O)OC(C)(C)C. The van der Waals surface area contributed by atoms with Crippen molar-refractivity contribution in [1.82, 2.24) is 15.2 Å². The average Bonchev–Trinajstić information content (AvgIpc) is 3.20. The molecule has 0 aliphatic heterocycles. The molecular formula is C29H35ClN4O5. The summed E-state index contributed by atoms with van der Waals surface area (Å²) in [6, 6.07) is 6.76. The summed E-state index contributed by atoms with van der Waals surface area (Å²) in [6.45, 7) is 7.50. The maximum absolute atomic E-state index is 12.8. The Morgan fingerprint density at radius 3 is 2.67 bits per heavy atom. The van der Waals surface area contributed by atoms with Crippen LogP contribution in [0.5, 0.6) is 0 Å². The van der Waals surface area contributed by atoms with Gasteiger partial charge in [0.15, 0.2) is 5.58 Å². The van der Waals surface area contributed by atoms with E-state index in [1.165, 1.54) is 6.08 Å². The highest BCUT2D eigenvalue weighted by molar-refractivity contribution is 6.34. The van der Waals surface area contributed by atoms with Gasteiger partial charge in [-0.1, -0.05) is 23.7 Å². The van der Waals surface area contributed by atoms with Crippen LogP contribution in [0.2, 0.25) is 5.02 Å². The average molecular weight is 555 g/mol. The summed E-state index contributed by atoms with van der Waals surface area (Å²) >= 11 is 6.25. The monoisotopic (exact) mass is 554 g/mol. The molecule has 0 bridgehead atoms. The van der Waals surface area contributed by atoms with E-state index in [0.717, 1.165) is 22.1 Å². The van der Waals surface area contributed by atoms with Gasteiger partial charge in [0.2, 0.25) is 5.91 Å². The topological polar surface area (TPSA) is 114 Å². The molecule has 0 radical (unpaired) electrons. The number of aromatic nitrogens is 1. The number of rotatable bonds is 10. The van der Waals surface area contributed by atoms with E-state index in [4.69, 9.17) is 20.8 Å². The number of amides is 2. The number of carbonyl (C=O) groups is 3. The van der Waals surface area contributed by atoms with Crippen LogP contribution in [-0.4, -0.2) is 53.9 Å². The molecular weight excluding hydrogens is 520 g/mol. The predicted octanol–water partition coefficient (Wildman–Crippen LogP) is 5.53. The molecule has 208 valence electrons. The molecule has 39 heavy (non-hydrogen) atoms. The molecule has 10 heteroatoms. The number of pyridine rings is 1. The molecule has 2 heterocycles. The number of ether oxygens (including phenoxy) is 1. The van der Waals surface area contributed by atoms with Gasteiger partial charge in [-0.2, -0.15) is 0 Å². The third kappa shape index (κ3) is 8.07. The van der Waals surface area contributed by atoms with Gasteiger partial charge in [0.05, 0.1) is 17.6 Å². The number of nitrogens with one attached hydrogen (secondary N) is 2. The Bertz CT molecular complexity index is 1380. The van der Waals surface area contributed by atoms with Gasteiger partial charge in [-0.3, -0.25) is 4.79 Å². The van der Waals surface area contributed by atoms with Crippen LogP contribution in [-0.2, 0) is 27.3 Å². The summed E-state index contributed by atoms with van der Waals surface area (Å²) in [5, 5.41) is 7.08. The number of benzene rings is 1. The van der Waals surface area contributed by atoms with Gasteiger partial charge in [-0.25, -0.2) is 9.78 Å². The lowest BCUT2D eigenvalue weighted by molar-refractivity contribution is -0.125. The highest BCUT2D eigenvalue weighted by Crippen LogP contribution is 2.31. The number of para-hydroxylation sites is 1. The standard InChI is InChI=1S/C29H35ClN4O5/c1-18-22-8-7-9-23(30)26(22)38-24(18)16-34(6)25(36)13-10-19-14-20(27(31-5)32-15-19)11-12-21(17-35)33-28(37)39-29(2,3)4/h7-10,13-15,17,21H,11-12,16H2,1-6H3,(H,31,32)(H,33,37)/b13-10+. The van der Waals surface area contributed by atoms with Gasteiger partial charge in [0.25, 0.3) is 0 Å². The summed E-state index contributed by atoms with van der Waals surface area (Å²) in [5.74, 6) is 1.12. The van der Waals surface area contributed by atoms with Crippen molar-refractivity contribution in [3.8, 4) is 0 Å². The first kappa shape index (κ1) is 29.7. The van der Waals surface area contributed by atoms with Gasteiger partial charge >= 0.3 is 6.09 Å². The molecule has 0 saturated heterocycles. The first-order chi connectivity index (χ1) is 18.4. The molecule has 2 N–H and O–H groups in total. The summed E-state index contributed by atoms with van der Waals surface area (Å²) in [7, 11) is 3.45. The number of aryl methyl sites for hydroxylation is 2. The van der Waals surface area contributed by atoms with Crippen LogP contribution in [0.25, 0.3) is 17.0 Å². The Morgan fingerprint density at radius 1 is 1.28 bits per heavy atom. The molecule has 3 rings (SSSR count). The Hall–Kier alpha value is -3.85. The number of carbonyl (C=O) groups excluding carboxylic acids is 3. The maximum Gasteiger partial charge on any atom is 0.408 e. The molecule has 1 aromatic carbocycles. The lowest BCUT2D eigenvalue weighted by atomic mass is 10.0. The number of hydrogen-bond donors (Lipinski definition) is 2. The van der Waals surface area contributed by atoms with Crippen molar-refractivity contribution < 1.29 is 23.5 Å². The minimum absolute atomic E-state index is 0.206. The van der Waals surface area contributed by atoms with Crippen LogP contribution >= 0.6 is 11.6 Å². The number of aldehydes is 1. The van der Waals surface area contributed by atoms with Crippen LogP contribution in [0.4, 0.5) is 10.6 Å². The van der Waals surface area contributed by atoms with Crippen molar-refractivity contribution in [3.05, 3.63) is 64.0 Å². The highest BCUT2D eigenvalue weighted by Gasteiger charge is 2.20. The largest absolute Gasteiger partial charge is 0.457 e. The van der Waals surface area contributed by atoms with Gasteiger partial charge in [0, 0.05) is 37.3 Å². The number of likely N-dealkylation sites (N-methyl/N-ethyl adjacent to an activating group) is 1. The van der Waals surface area contributed by atoms with E-state index < -0.39 is 17.7 Å². The zero-order valence-electron chi connectivity index (χ0n) is 23.1. The second-order valence-electron chi connectivity index (χ2n) is 10.2. The fourth-order valence-electron chi connectivity index (χ4n) is 3.98. The fraction of sp³-hybridized carbons (Fsp3) is 0.379. The zero-order chi connectivity index (χ0) is 28.7. The smallest absolute Gasteiger partial charge is 0.408 e. The number of fused-ring (bicyclic) bond motifs is 1. The van der Waals surface area contributed by atoms with E-state index in [9.17, 15) is 14.4 Å². The minimum Gasteiger partial charge on any atom is -0.457 e. The highest BCUT2D eigenvalue weighted by atomic mass is 35.5. The van der Waals surface area contributed by atoms with Crippen LogP contribution in [0.1, 0.15) is 49.6 Å². The molecule has 0 aliphatic rings. The third-order valence-corrected chi connectivity index (χ3v) is 6.30. The Morgan fingerprint density at radius 2 is 2.03 bits per heavy atom. The number of anilines is 1. The second kappa shape index (κ2) is 12.8. The summed E-state index contributed by atoms with van der Waals surface area (Å²) < 4.78 is 11.2. The first-order valence-corrected chi connectivity index (χ1v) is 13.0. The molecule has 2 amide bonds. The quantitative estimate of drug-likeness (QED) is 0.250. The molecule has 9 nitrogen and oxygen atoms in total. The molecule has 0 aliphatic carbocycles. The van der Waals surface area contributed by atoms with E-state index in [0.29, 0.717) is 47.9 Å². The summed E-state index contributed by atoms with van der Waals surface area (Å²) in [6.07, 6.45) is 5.68. The number of halogens is 1. The van der Waals surface area contributed by atoms with E-state index in [1.54, 1.807) is 58.1 Å². The Balaban J connectivity index is 1.65. The van der Waals surface area contributed by atoms with Crippen molar-refractivity contribution in [2.45, 2.75) is 58.7 Å². The van der Waals surface area contributed by atoms with E-state index in [2.05, 4.69) is 15.6 Å². The van der Waals surface area contributed by atoms with Crippen molar-refractivity contribution in [1.29, 1.82) is 0 Å². The minimum atomic E-state index is -0.712. The lowest BCUT2D eigenvalue weighted by Gasteiger charge is -2.21. The maximum atomic E-state index is 12.8. The van der Waals surface area contributed by atoms with Crippen LogP contribution < -0.4 is 10.6 Å². The van der Waals surface area contributed by atoms with E-state index in [-0.39, 0.29) is 5.91 Å². The second-order valence-corrected chi connectivity index (χ2v) is 10.7. The van der Waals surface area contributed by atoms with Gasteiger partial charge < -0.3 is 29.5 Å². The molecule has 0 saturated carbocycles. The van der Waals surface area contributed by atoms with Crippen LogP contribution in [0.15, 0.2) is 41.0 Å². The third-order valence-electron chi connectivity index (χ3n) is 6.01. The number of furan rings is 1. The Labute approximate surface area is 233 Å². The number of alkyl carbamates (subject to hydrolysis) is 1. The van der Waals surface area contributed by atoms with Crippen molar-refractivity contribution in [2.24, 2.45) is 0 Å². The van der Waals surface area contributed by atoms with Crippen LogP contribution in [0.3, 0.4) is 0 Å². The zero-order valence-corrected chi connectivity index (χ0v) is 23.9. The van der Waals surface area contributed by atoms with Crippen molar-refractivity contribution in [3.63, 3.8) is 0 Å². The molecule has 3 aromatic rings. The molecule has 2 aromatic heterocycles. The van der Waals surface area contributed by atoms with Gasteiger partial charge in [-0.05, 0) is 69.9 Å². The fourth-order valence-corrected chi connectivity index (χ4v) is 4.19. The van der Waals surface area contributed by atoms with Gasteiger partial charge in [0.1, 0.15) is 23.5 Å². The molecule has 0 spiro atoms. The first-order valence-electron chi connectivity index (χ1n) is 12.6. The summed E-state index contributed by atoms with van der Waals surface area (Å²) in [4.78, 5) is 42.4. The molecule has 1 atom stereocenters. The van der Waals surface area contributed by atoms with E-state index in [1.807, 2.05) is 25.1 Å². The molecule has 0 fully saturated rings. The number of hydrogen-bond acceptors (Lipinski definition) is 7. The normalized spacial score (nSPS) is 12.4. The van der Waals surface area contributed by atoms with Gasteiger partial charge in [-0.15, -0.1) is 0 Å².